The van der Waals surface area contributed by atoms with Crippen LogP contribution in [0.1, 0.15) is 35.2 Å². The first-order valence-corrected chi connectivity index (χ1v) is 11.8. The van der Waals surface area contributed by atoms with Crippen LogP contribution in [0.4, 0.5) is 21.0 Å². The fourth-order valence-electron chi connectivity index (χ4n) is 4.60. The normalized spacial score (nSPS) is 19.5. The van der Waals surface area contributed by atoms with E-state index in [2.05, 4.69) is 16.0 Å². The molecule has 2 aromatic rings. The predicted octanol–water partition coefficient (Wildman–Crippen LogP) is 2.96. The number of nitrogens with two attached hydrogens (primary N) is 1. The van der Waals surface area contributed by atoms with Gasteiger partial charge in [-0.25, -0.2) is 9.59 Å². The first-order chi connectivity index (χ1) is 17.2. The maximum atomic E-state index is 13.5. The van der Waals surface area contributed by atoms with Crippen LogP contribution in [0.15, 0.2) is 42.5 Å². The van der Waals surface area contributed by atoms with Crippen molar-refractivity contribution in [1.82, 2.24) is 10.2 Å². The number of hydrogen-bond acceptors (Lipinski definition) is 6. The molecule has 0 aromatic heterocycles. The lowest BCUT2D eigenvalue weighted by Gasteiger charge is -2.45. The van der Waals surface area contributed by atoms with E-state index in [1.807, 2.05) is 0 Å². The molecule has 2 aromatic carbocycles. The number of carbonyl (C=O) groups is 4. The standard InChI is InChI=1S/C24H26ClN5O6/c25-15-4-7-18-17(12-15)24(36-23(35)29-18)9-1-11-30(13-24)21(32)19(8-10-26)28-20(31)14-2-5-16(6-3-14)27-22(33)34/h2-7,12,19,27H,1,8-11,13,26H2,(H,28,31)(H,29,35)(H,33,34)/t19-,24-/m0/s1. The summed E-state index contributed by atoms with van der Waals surface area (Å²) in [7, 11) is 0. The average molecular weight is 516 g/mol. The molecule has 36 heavy (non-hydrogen) atoms. The van der Waals surface area contributed by atoms with Crippen LogP contribution in [0.2, 0.25) is 5.02 Å². The summed E-state index contributed by atoms with van der Waals surface area (Å²) >= 11 is 6.21. The van der Waals surface area contributed by atoms with Crippen molar-refractivity contribution in [3.63, 3.8) is 0 Å². The molecule has 2 aliphatic heterocycles. The molecule has 2 aliphatic rings. The lowest BCUT2D eigenvalue weighted by atomic mass is 9.83. The third-order valence-corrected chi connectivity index (χ3v) is 6.46. The zero-order chi connectivity index (χ0) is 25.9. The second-order valence-corrected chi connectivity index (χ2v) is 9.11. The van der Waals surface area contributed by atoms with Crippen LogP contribution in [0.25, 0.3) is 0 Å². The van der Waals surface area contributed by atoms with Gasteiger partial charge in [-0.1, -0.05) is 11.6 Å². The molecule has 4 rings (SSSR count). The van der Waals surface area contributed by atoms with Crippen molar-refractivity contribution in [3.8, 4) is 0 Å². The lowest BCUT2D eigenvalue weighted by molar-refractivity contribution is -0.141. The third-order valence-electron chi connectivity index (χ3n) is 6.22. The highest BCUT2D eigenvalue weighted by Gasteiger charge is 2.47. The van der Waals surface area contributed by atoms with E-state index in [1.165, 1.54) is 24.3 Å². The number of piperidine rings is 1. The second-order valence-electron chi connectivity index (χ2n) is 8.67. The summed E-state index contributed by atoms with van der Waals surface area (Å²) in [6.07, 6.45) is -0.526. The summed E-state index contributed by atoms with van der Waals surface area (Å²) in [5.41, 5.74) is 6.52. The number of rotatable bonds is 6. The number of nitrogens with zero attached hydrogens (tertiary/aromatic N) is 1. The Bertz CT molecular complexity index is 1190. The minimum atomic E-state index is -1.22. The summed E-state index contributed by atoms with van der Waals surface area (Å²) in [5, 5.41) is 16.9. The van der Waals surface area contributed by atoms with E-state index >= 15 is 0 Å². The maximum absolute atomic E-state index is 13.5. The van der Waals surface area contributed by atoms with Crippen molar-refractivity contribution in [1.29, 1.82) is 0 Å². The predicted molar refractivity (Wildman–Crippen MR) is 132 cm³/mol. The maximum Gasteiger partial charge on any atom is 0.412 e. The van der Waals surface area contributed by atoms with Gasteiger partial charge in [0.05, 0.1) is 12.2 Å². The van der Waals surface area contributed by atoms with E-state index in [0.29, 0.717) is 41.3 Å². The largest absolute Gasteiger partial charge is 0.465 e. The number of hydrogen-bond donors (Lipinski definition) is 5. The Morgan fingerprint density at radius 2 is 1.97 bits per heavy atom. The van der Waals surface area contributed by atoms with Crippen LogP contribution in [0.3, 0.4) is 0 Å². The zero-order valence-corrected chi connectivity index (χ0v) is 20.0. The van der Waals surface area contributed by atoms with Crippen molar-refractivity contribution in [2.75, 3.05) is 30.3 Å². The van der Waals surface area contributed by atoms with Gasteiger partial charge in [-0.2, -0.15) is 0 Å². The first kappa shape index (κ1) is 25.3. The molecular weight excluding hydrogens is 490 g/mol. The van der Waals surface area contributed by atoms with Crippen molar-refractivity contribution >= 4 is 47.0 Å². The fourth-order valence-corrected chi connectivity index (χ4v) is 4.77. The molecule has 0 bridgehead atoms. The Kier molecular flexibility index (Phi) is 7.32. The second kappa shape index (κ2) is 10.4. The van der Waals surface area contributed by atoms with Crippen molar-refractivity contribution in [3.05, 3.63) is 58.6 Å². The fraction of sp³-hybridized carbons (Fsp3) is 0.333. The first-order valence-electron chi connectivity index (χ1n) is 11.4. The van der Waals surface area contributed by atoms with Crippen molar-refractivity contribution in [2.45, 2.75) is 30.9 Å². The molecule has 11 nitrogen and oxygen atoms in total. The molecule has 1 saturated heterocycles. The van der Waals surface area contributed by atoms with Gasteiger partial charge in [0, 0.05) is 28.4 Å². The molecule has 0 saturated carbocycles. The Morgan fingerprint density at radius 1 is 1.22 bits per heavy atom. The number of fused-ring (bicyclic) bond motifs is 2. The van der Waals surface area contributed by atoms with Gasteiger partial charge in [0.2, 0.25) is 5.91 Å². The number of carbonyl (C=O) groups excluding carboxylic acids is 3. The molecule has 0 unspecified atom stereocenters. The topological polar surface area (TPSA) is 163 Å². The molecule has 2 atom stereocenters. The van der Waals surface area contributed by atoms with Gasteiger partial charge < -0.3 is 25.8 Å². The number of nitrogens with one attached hydrogen (secondary N) is 3. The number of ether oxygens (including phenoxy) is 1. The van der Waals surface area contributed by atoms with Crippen LogP contribution >= 0.6 is 11.6 Å². The Labute approximate surface area is 211 Å². The molecule has 1 spiro atoms. The number of carboxylic acid groups (broad SMARTS) is 1. The molecule has 12 heteroatoms. The van der Waals surface area contributed by atoms with Crippen molar-refractivity contribution in [2.24, 2.45) is 5.73 Å². The van der Waals surface area contributed by atoms with Gasteiger partial charge >= 0.3 is 12.2 Å². The van der Waals surface area contributed by atoms with E-state index in [4.69, 9.17) is 27.2 Å². The average Bonchev–Trinajstić information content (AvgIpc) is 2.84. The number of anilines is 2. The van der Waals surface area contributed by atoms with Crippen LogP contribution in [0, 0.1) is 0 Å². The molecule has 4 amide bonds. The smallest absolute Gasteiger partial charge is 0.412 e. The quantitative estimate of drug-likeness (QED) is 0.394. The van der Waals surface area contributed by atoms with Gasteiger partial charge in [-0.15, -0.1) is 0 Å². The molecule has 190 valence electrons. The zero-order valence-electron chi connectivity index (χ0n) is 19.3. The number of benzene rings is 2. The molecule has 2 heterocycles. The van der Waals surface area contributed by atoms with E-state index in [9.17, 15) is 19.2 Å². The van der Waals surface area contributed by atoms with E-state index in [0.717, 1.165) is 0 Å². The summed E-state index contributed by atoms with van der Waals surface area (Å²) in [6.45, 7) is 0.696. The molecule has 1 fully saturated rings. The Balaban J connectivity index is 1.51. The SMILES string of the molecule is NCC[C@H](NC(=O)c1ccc(NC(=O)O)cc1)C(=O)N1CCC[C@@]2(C1)OC(=O)Nc1ccc(Cl)cc12. The van der Waals surface area contributed by atoms with Crippen LogP contribution in [-0.4, -0.2) is 59.7 Å². The molecule has 0 radical (unpaired) electrons. The molecule has 0 aliphatic carbocycles. The van der Waals surface area contributed by atoms with Gasteiger partial charge in [-0.3, -0.25) is 20.2 Å². The highest BCUT2D eigenvalue weighted by atomic mass is 35.5. The van der Waals surface area contributed by atoms with Gasteiger partial charge in [-0.05, 0) is 68.3 Å². The minimum absolute atomic E-state index is 0.110. The number of likely N-dealkylation sites (tertiary alicyclic amines) is 1. The Morgan fingerprint density at radius 3 is 2.67 bits per heavy atom. The van der Waals surface area contributed by atoms with Crippen LogP contribution in [0.5, 0.6) is 0 Å². The highest BCUT2D eigenvalue weighted by molar-refractivity contribution is 6.30. The molecular formula is C24H26ClN5O6. The number of halogens is 1. The van der Waals surface area contributed by atoms with E-state index in [1.54, 1.807) is 23.1 Å². The Hall–Kier alpha value is -3.83. The highest BCUT2D eigenvalue weighted by Crippen LogP contribution is 2.43. The summed E-state index contributed by atoms with van der Waals surface area (Å²) in [4.78, 5) is 51.0. The van der Waals surface area contributed by atoms with Gasteiger partial charge in [0.1, 0.15) is 6.04 Å². The summed E-state index contributed by atoms with van der Waals surface area (Å²) in [6, 6.07) is 10.0. The van der Waals surface area contributed by atoms with Crippen LogP contribution < -0.4 is 21.7 Å². The van der Waals surface area contributed by atoms with Crippen LogP contribution in [-0.2, 0) is 15.1 Å². The minimum Gasteiger partial charge on any atom is -0.465 e. The monoisotopic (exact) mass is 515 g/mol. The van der Waals surface area contributed by atoms with Gasteiger partial charge in [0.15, 0.2) is 5.60 Å². The number of amides is 4. The summed E-state index contributed by atoms with van der Waals surface area (Å²) in [5.74, 6) is -0.837. The lowest BCUT2D eigenvalue weighted by Crippen LogP contribution is -2.57. The third kappa shape index (κ3) is 5.37. The van der Waals surface area contributed by atoms with E-state index < -0.39 is 29.7 Å². The summed E-state index contributed by atoms with van der Waals surface area (Å²) < 4.78 is 5.74. The van der Waals surface area contributed by atoms with Crippen molar-refractivity contribution < 1.29 is 29.0 Å². The molecule has 6 N–H and O–H groups in total. The van der Waals surface area contributed by atoms with E-state index in [-0.39, 0.29) is 31.0 Å². The van der Waals surface area contributed by atoms with Gasteiger partial charge in [0.25, 0.3) is 5.91 Å².